The minimum Gasteiger partial charge on any atom is -0.459 e. The lowest BCUT2D eigenvalue weighted by Gasteiger charge is -2.41. The Balaban J connectivity index is 0.000000222. The van der Waals surface area contributed by atoms with Crippen LogP contribution in [0.15, 0.2) is 59.5 Å². The van der Waals surface area contributed by atoms with Crippen LogP contribution in [0, 0.1) is 6.92 Å². The van der Waals surface area contributed by atoms with E-state index in [4.69, 9.17) is 15.0 Å². The van der Waals surface area contributed by atoms with Crippen molar-refractivity contribution in [3.8, 4) is 0 Å². The number of ether oxygens (including phenoxy) is 1. The number of esters is 1. The molecule has 8 nitrogen and oxygen atoms in total. The third-order valence-corrected chi connectivity index (χ3v) is 7.71. The molecule has 0 saturated carbocycles. The first-order valence-electron chi connectivity index (χ1n) is 9.92. The number of benzene rings is 2. The first-order valence-corrected chi connectivity index (χ1v) is 12.2. The summed E-state index contributed by atoms with van der Waals surface area (Å²) >= 11 is 1.57. The number of carbonyl (C=O) groups is 2. The lowest BCUT2D eigenvalue weighted by molar-refractivity contribution is -0.163. The molecule has 10 heteroatoms. The van der Waals surface area contributed by atoms with E-state index in [-0.39, 0.29) is 33.5 Å². The molecule has 4 rings (SSSR count). The Kier molecular flexibility index (Phi) is 6.99. The van der Waals surface area contributed by atoms with Crippen molar-refractivity contribution in [1.29, 1.82) is 0 Å². The lowest BCUT2D eigenvalue weighted by atomic mass is 9.96. The Morgan fingerprint density at radius 2 is 1.75 bits per heavy atom. The quantitative estimate of drug-likeness (QED) is 0.390. The second kappa shape index (κ2) is 9.22. The molecule has 32 heavy (non-hydrogen) atoms. The molecule has 172 valence electrons. The van der Waals surface area contributed by atoms with Crippen molar-refractivity contribution in [2.75, 3.05) is 0 Å². The van der Waals surface area contributed by atoms with E-state index in [1.165, 1.54) is 12.1 Å². The zero-order chi connectivity index (χ0) is 23.7. The van der Waals surface area contributed by atoms with Crippen LogP contribution in [0.4, 0.5) is 0 Å². The van der Waals surface area contributed by atoms with Gasteiger partial charge in [0.05, 0.1) is 4.90 Å². The number of nitrogens with zero attached hydrogens (tertiary/aromatic N) is 1. The highest BCUT2D eigenvalue weighted by Crippen LogP contribution is 2.50. The first kappa shape index (κ1) is 24.2. The van der Waals surface area contributed by atoms with Crippen molar-refractivity contribution >= 4 is 33.8 Å². The van der Waals surface area contributed by atoms with Gasteiger partial charge in [-0.2, -0.15) is 8.42 Å². The van der Waals surface area contributed by atoms with Crippen molar-refractivity contribution in [3.05, 3.63) is 65.7 Å². The Labute approximate surface area is 191 Å². The summed E-state index contributed by atoms with van der Waals surface area (Å²) in [6.07, 6.45) is 0. The van der Waals surface area contributed by atoms with E-state index in [0.29, 0.717) is 0 Å². The van der Waals surface area contributed by atoms with Crippen LogP contribution in [0.3, 0.4) is 0 Å². The third-order valence-electron chi connectivity index (χ3n) is 5.25. The number of fused-ring (bicyclic) bond motifs is 1. The molecule has 3 atom stereocenters. The predicted octanol–water partition coefficient (Wildman–Crippen LogP) is 2.36. The zero-order valence-corrected chi connectivity index (χ0v) is 19.6. The Morgan fingerprint density at radius 1 is 1.16 bits per heavy atom. The van der Waals surface area contributed by atoms with Gasteiger partial charge >= 0.3 is 5.97 Å². The summed E-state index contributed by atoms with van der Waals surface area (Å²) < 4.78 is 34.6. The number of amides is 1. The molecule has 1 amide bonds. The maximum Gasteiger partial charge on any atom is 0.330 e. The molecular formula is C22H26N2O6S2. The number of nitrogens with two attached hydrogens (primary N) is 1. The van der Waals surface area contributed by atoms with Gasteiger partial charge in [-0.1, -0.05) is 48.0 Å². The number of hydrogen-bond acceptors (Lipinski definition) is 7. The fraction of sp³-hybridized carbons (Fsp3) is 0.364. The molecule has 0 aliphatic carbocycles. The van der Waals surface area contributed by atoms with Crippen LogP contribution >= 0.6 is 11.8 Å². The summed E-state index contributed by atoms with van der Waals surface area (Å²) in [5.74, 6) is -0.529. The van der Waals surface area contributed by atoms with E-state index in [1.807, 2.05) is 51.1 Å². The molecule has 2 aromatic rings. The Hall–Kier alpha value is -2.40. The highest BCUT2D eigenvalue weighted by atomic mass is 32.2. The van der Waals surface area contributed by atoms with Gasteiger partial charge in [-0.15, -0.1) is 11.8 Å². The maximum atomic E-state index is 12.4. The van der Waals surface area contributed by atoms with Gasteiger partial charge in [0.1, 0.15) is 24.1 Å². The predicted molar refractivity (Wildman–Crippen MR) is 121 cm³/mol. The number of β-lactam (4-membered cyclic amide) rings is 1. The van der Waals surface area contributed by atoms with Crippen molar-refractivity contribution in [1.82, 2.24) is 4.90 Å². The second-order valence-corrected chi connectivity index (χ2v) is 11.4. The SMILES string of the molecule is CC1(C)S[C@@H]2[C@H](N)C(=O)N2[C@H]1C(=O)OCc1ccccc1.Cc1ccc(S(=O)(=O)O)cc1. The van der Waals surface area contributed by atoms with E-state index in [9.17, 15) is 18.0 Å². The average Bonchev–Trinajstić information content (AvgIpc) is 3.01. The Morgan fingerprint density at radius 3 is 2.31 bits per heavy atom. The van der Waals surface area contributed by atoms with E-state index < -0.39 is 22.2 Å². The van der Waals surface area contributed by atoms with Crippen LogP contribution in [-0.4, -0.2) is 52.0 Å². The molecule has 2 fully saturated rings. The van der Waals surface area contributed by atoms with Crippen LogP contribution in [0.1, 0.15) is 25.0 Å². The van der Waals surface area contributed by atoms with E-state index in [0.717, 1.165) is 11.1 Å². The first-order chi connectivity index (χ1) is 14.9. The highest BCUT2D eigenvalue weighted by Gasteiger charge is 2.63. The van der Waals surface area contributed by atoms with Gasteiger partial charge in [0.2, 0.25) is 5.91 Å². The standard InChI is InChI=1S/C15H18N2O3S.C7H8O3S/c1-15(2)11(17-12(18)10(16)13(17)21-15)14(19)20-8-9-6-4-3-5-7-9;1-6-2-4-7(5-3-6)11(8,9)10/h3-7,10-11,13H,8,16H2,1-2H3;2-5H,1H3,(H,8,9,10)/t10-,11+,13-;/m1./s1. The number of thioether (sulfide) groups is 1. The molecule has 2 aliphatic heterocycles. The van der Waals surface area contributed by atoms with Crippen molar-refractivity contribution in [2.45, 2.75) is 54.5 Å². The smallest absolute Gasteiger partial charge is 0.330 e. The molecule has 0 unspecified atom stereocenters. The van der Waals surface area contributed by atoms with Crippen LogP contribution in [-0.2, 0) is 31.1 Å². The molecule has 2 heterocycles. The number of hydrogen-bond donors (Lipinski definition) is 2. The van der Waals surface area contributed by atoms with Gasteiger partial charge < -0.3 is 15.4 Å². The van der Waals surface area contributed by atoms with Gasteiger partial charge in [0.15, 0.2) is 0 Å². The normalized spacial score (nSPS) is 23.5. The summed E-state index contributed by atoms with van der Waals surface area (Å²) in [5, 5.41) is -0.109. The monoisotopic (exact) mass is 478 g/mol. The van der Waals surface area contributed by atoms with Crippen LogP contribution < -0.4 is 5.73 Å². The molecular weight excluding hydrogens is 452 g/mol. The largest absolute Gasteiger partial charge is 0.459 e. The van der Waals surface area contributed by atoms with E-state index in [2.05, 4.69) is 0 Å². The third kappa shape index (κ3) is 5.15. The topological polar surface area (TPSA) is 127 Å². The summed E-state index contributed by atoms with van der Waals surface area (Å²) in [6.45, 7) is 5.96. The van der Waals surface area contributed by atoms with Gasteiger partial charge in [-0.05, 0) is 38.5 Å². The molecule has 0 bridgehead atoms. The molecule has 0 aromatic heterocycles. The van der Waals surface area contributed by atoms with Crippen LogP contribution in [0.2, 0.25) is 0 Å². The molecule has 2 saturated heterocycles. The summed E-state index contributed by atoms with van der Waals surface area (Å²) in [5.41, 5.74) is 7.68. The average molecular weight is 479 g/mol. The maximum absolute atomic E-state index is 12.4. The van der Waals surface area contributed by atoms with Gasteiger partial charge in [0, 0.05) is 4.75 Å². The summed E-state index contributed by atoms with van der Waals surface area (Å²) in [7, 11) is -4.02. The highest BCUT2D eigenvalue weighted by molar-refractivity contribution is 8.01. The van der Waals surface area contributed by atoms with Gasteiger partial charge in [-0.3, -0.25) is 9.35 Å². The Bertz CT molecular complexity index is 1090. The lowest BCUT2D eigenvalue weighted by Crippen LogP contribution is -2.68. The van der Waals surface area contributed by atoms with Gasteiger partial charge in [-0.25, -0.2) is 4.79 Å². The molecule has 2 aliphatic rings. The van der Waals surface area contributed by atoms with Crippen molar-refractivity contribution < 1.29 is 27.3 Å². The summed E-state index contributed by atoms with van der Waals surface area (Å²) in [4.78, 5) is 25.8. The van der Waals surface area contributed by atoms with Crippen LogP contribution in [0.5, 0.6) is 0 Å². The minimum absolute atomic E-state index is 0.0666. The summed E-state index contributed by atoms with van der Waals surface area (Å²) in [6, 6.07) is 14.4. The fourth-order valence-corrected chi connectivity index (χ4v) is 5.58. The second-order valence-electron chi connectivity index (χ2n) is 8.17. The zero-order valence-electron chi connectivity index (χ0n) is 18.0. The number of aryl methyl sites for hydroxylation is 1. The van der Waals surface area contributed by atoms with Crippen LogP contribution in [0.25, 0.3) is 0 Å². The number of rotatable bonds is 4. The van der Waals surface area contributed by atoms with Gasteiger partial charge in [0.25, 0.3) is 10.1 Å². The molecule has 0 radical (unpaired) electrons. The van der Waals surface area contributed by atoms with Crippen molar-refractivity contribution in [2.24, 2.45) is 5.73 Å². The minimum atomic E-state index is -4.02. The molecule has 3 N–H and O–H groups in total. The number of carbonyl (C=O) groups excluding carboxylic acids is 2. The van der Waals surface area contributed by atoms with E-state index >= 15 is 0 Å². The fourth-order valence-electron chi connectivity index (χ4n) is 3.54. The van der Waals surface area contributed by atoms with Crippen molar-refractivity contribution in [3.63, 3.8) is 0 Å². The molecule has 2 aromatic carbocycles. The van der Waals surface area contributed by atoms with E-state index in [1.54, 1.807) is 28.8 Å². The molecule has 0 spiro atoms.